The zero-order valence-electron chi connectivity index (χ0n) is 8.19. The van der Waals surface area contributed by atoms with Crippen LogP contribution in [0.25, 0.3) is 0 Å². The van der Waals surface area contributed by atoms with E-state index in [9.17, 15) is 9.90 Å². The second-order valence-electron chi connectivity index (χ2n) is 3.42. The molecule has 2 N–H and O–H groups in total. The molecule has 1 aromatic rings. The third-order valence-corrected chi connectivity index (χ3v) is 2.30. The van der Waals surface area contributed by atoms with Crippen molar-refractivity contribution in [2.75, 3.05) is 0 Å². The molecule has 0 bridgehead atoms. The number of halogens is 1. The second kappa shape index (κ2) is 5.73. The van der Waals surface area contributed by atoms with Crippen LogP contribution in [0.2, 0.25) is 5.02 Å². The van der Waals surface area contributed by atoms with Gasteiger partial charge in [0.25, 0.3) is 0 Å². The topological polar surface area (TPSA) is 57.5 Å². The van der Waals surface area contributed by atoms with Gasteiger partial charge in [0.05, 0.1) is 12.5 Å². The number of hydrogen-bond acceptors (Lipinski definition) is 2. The van der Waals surface area contributed by atoms with Crippen molar-refractivity contribution in [1.29, 1.82) is 0 Å². The Balaban J connectivity index is 2.40. The van der Waals surface area contributed by atoms with Crippen molar-refractivity contribution >= 4 is 17.6 Å². The van der Waals surface area contributed by atoms with Crippen molar-refractivity contribution in [3.63, 3.8) is 0 Å². The van der Waals surface area contributed by atoms with E-state index in [4.69, 9.17) is 16.7 Å². The van der Waals surface area contributed by atoms with Gasteiger partial charge in [-0.3, -0.25) is 4.79 Å². The normalized spacial score (nSPS) is 12.4. The van der Waals surface area contributed by atoms with Gasteiger partial charge < -0.3 is 10.2 Å². The number of hydrogen-bond donors (Lipinski definition) is 2. The highest BCUT2D eigenvalue weighted by molar-refractivity contribution is 6.30. The summed E-state index contributed by atoms with van der Waals surface area (Å²) in [6.45, 7) is 0. The predicted molar refractivity (Wildman–Crippen MR) is 58.0 cm³/mol. The number of benzene rings is 1. The van der Waals surface area contributed by atoms with Crippen LogP contribution in [0.4, 0.5) is 0 Å². The van der Waals surface area contributed by atoms with E-state index in [0.29, 0.717) is 17.9 Å². The van der Waals surface area contributed by atoms with E-state index in [1.807, 2.05) is 18.2 Å². The highest BCUT2D eigenvalue weighted by Crippen LogP contribution is 2.13. The minimum atomic E-state index is -0.978. The fraction of sp³-hybridized carbons (Fsp3) is 0.364. The maximum atomic E-state index is 10.3. The number of aryl methyl sites for hydroxylation is 1. The van der Waals surface area contributed by atoms with Crippen LogP contribution in [0.5, 0.6) is 0 Å². The lowest BCUT2D eigenvalue weighted by Gasteiger charge is -2.07. The average Bonchev–Trinajstić information content (AvgIpc) is 2.14. The second-order valence-corrected chi connectivity index (χ2v) is 3.86. The minimum Gasteiger partial charge on any atom is -0.481 e. The fourth-order valence-electron chi connectivity index (χ4n) is 1.33. The Hall–Kier alpha value is -1.06. The van der Waals surface area contributed by atoms with Gasteiger partial charge in [0.1, 0.15) is 0 Å². The lowest BCUT2D eigenvalue weighted by atomic mass is 10.1. The summed E-state index contributed by atoms with van der Waals surface area (Å²) < 4.78 is 0. The summed E-state index contributed by atoms with van der Waals surface area (Å²) in [7, 11) is 0. The smallest absolute Gasteiger partial charge is 0.305 e. The molecule has 0 amide bonds. The Labute approximate surface area is 93.3 Å². The number of aliphatic carboxylic acids is 1. The highest BCUT2D eigenvalue weighted by Gasteiger charge is 2.09. The third kappa shape index (κ3) is 4.81. The summed E-state index contributed by atoms with van der Waals surface area (Å²) in [5.74, 6) is -0.978. The van der Waals surface area contributed by atoms with Gasteiger partial charge in [-0.25, -0.2) is 0 Å². The molecule has 0 aromatic heterocycles. The van der Waals surface area contributed by atoms with Crippen molar-refractivity contribution < 1.29 is 15.0 Å². The quantitative estimate of drug-likeness (QED) is 0.812. The molecule has 0 aliphatic rings. The number of aliphatic hydroxyl groups is 1. The van der Waals surface area contributed by atoms with Gasteiger partial charge in [0.2, 0.25) is 0 Å². The monoisotopic (exact) mass is 228 g/mol. The number of rotatable bonds is 5. The molecule has 0 heterocycles. The molecule has 3 nitrogen and oxygen atoms in total. The van der Waals surface area contributed by atoms with Crippen LogP contribution in [-0.4, -0.2) is 22.3 Å². The van der Waals surface area contributed by atoms with Gasteiger partial charge in [-0.05, 0) is 30.5 Å². The van der Waals surface area contributed by atoms with E-state index in [0.717, 1.165) is 5.56 Å². The molecule has 1 rings (SSSR count). The van der Waals surface area contributed by atoms with Crippen LogP contribution in [-0.2, 0) is 11.2 Å². The predicted octanol–water partition coefficient (Wildman–Crippen LogP) is 2.11. The molecule has 0 saturated heterocycles. The van der Waals surface area contributed by atoms with Gasteiger partial charge in [-0.15, -0.1) is 0 Å². The van der Waals surface area contributed by atoms with Crippen molar-refractivity contribution in [1.82, 2.24) is 0 Å². The van der Waals surface area contributed by atoms with Crippen LogP contribution in [0.3, 0.4) is 0 Å². The Morgan fingerprint density at radius 3 is 2.80 bits per heavy atom. The standard InChI is InChI=1S/C11H13ClO3/c12-9-3-1-2-8(6-9)4-5-10(13)7-11(14)15/h1-3,6,10,13H,4-5,7H2,(H,14,15). The average molecular weight is 229 g/mol. The molecular weight excluding hydrogens is 216 g/mol. The minimum absolute atomic E-state index is 0.208. The summed E-state index contributed by atoms with van der Waals surface area (Å²) in [4.78, 5) is 10.3. The summed E-state index contributed by atoms with van der Waals surface area (Å²) >= 11 is 5.79. The van der Waals surface area contributed by atoms with Crippen LogP contribution >= 0.6 is 11.6 Å². The van der Waals surface area contributed by atoms with E-state index >= 15 is 0 Å². The zero-order valence-corrected chi connectivity index (χ0v) is 8.94. The van der Waals surface area contributed by atoms with Crippen molar-refractivity contribution in [2.45, 2.75) is 25.4 Å². The van der Waals surface area contributed by atoms with E-state index in [2.05, 4.69) is 0 Å². The number of carboxylic acids is 1. The highest BCUT2D eigenvalue weighted by atomic mass is 35.5. The lowest BCUT2D eigenvalue weighted by molar-refractivity contribution is -0.139. The molecule has 82 valence electrons. The summed E-state index contributed by atoms with van der Waals surface area (Å²) in [5, 5.41) is 18.4. The van der Waals surface area contributed by atoms with E-state index < -0.39 is 12.1 Å². The first-order valence-electron chi connectivity index (χ1n) is 4.72. The molecular formula is C11H13ClO3. The number of carboxylic acid groups (broad SMARTS) is 1. The van der Waals surface area contributed by atoms with Crippen molar-refractivity contribution in [3.05, 3.63) is 34.9 Å². The Morgan fingerprint density at radius 2 is 2.20 bits per heavy atom. The molecule has 1 unspecified atom stereocenters. The number of aliphatic hydroxyl groups excluding tert-OH is 1. The van der Waals surface area contributed by atoms with Crippen LogP contribution in [0.15, 0.2) is 24.3 Å². The molecule has 15 heavy (non-hydrogen) atoms. The van der Waals surface area contributed by atoms with E-state index in [1.165, 1.54) is 0 Å². The van der Waals surface area contributed by atoms with Crippen LogP contribution in [0.1, 0.15) is 18.4 Å². The van der Waals surface area contributed by atoms with Crippen LogP contribution < -0.4 is 0 Å². The zero-order chi connectivity index (χ0) is 11.3. The molecule has 0 spiro atoms. The van der Waals surface area contributed by atoms with E-state index in [1.54, 1.807) is 6.07 Å². The molecule has 0 radical (unpaired) electrons. The summed E-state index contributed by atoms with van der Waals surface area (Å²) in [5.41, 5.74) is 1.01. The fourth-order valence-corrected chi connectivity index (χ4v) is 1.54. The Bertz CT molecular complexity index is 338. The van der Waals surface area contributed by atoms with E-state index in [-0.39, 0.29) is 6.42 Å². The molecule has 1 aromatic carbocycles. The molecule has 0 fully saturated rings. The van der Waals surface area contributed by atoms with Crippen molar-refractivity contribution in [2.24, 2.45) is 0 Å². The van der Waals surface area contributed by atoms with Gasteiger partial charge >= 0.3 is 5.97 Å². The Kier molecular flexibility index (Phi) is 4.59. The Morgan fingerprint density at radius 1 is 1.47 bits per heavy atom. The first kappa shape index (κ1) is 12.0. The van der Waals surface area contributed by atoms with Gasteiger partial charge in [0.15, 0.2) is 0 Å². The third-order valence-electron chi connectivity index (χ3n) is 2.07. The van der Waals surface area contributed by atoms with Crippen molar-refractivity contribution in [3.8, 4) is 0 Å². The maximum Gasteiger partial charge on any atom is 0.305 e. The first-order chi connectivity index (χ1) is 7.08. The molecule has 1 atom stereocenters. The molecule has 0 aliphatic heterocycles. The van der Waals surface area contributed by atoms with Crippen LogP contribution in [0, 0.1) is 0 Å². The summed E-state index contributed by atoms with van der Waals surface area (Å²) in [6.07, 6.45) is 0.0730. The number of carbonyl (C=O) groups is 1. The molecule has 0 saturated carbocycles. The SMILES string of the molecule is O=C(O)CC(O)CCc1cccc(Cl)c1. The summed E-state index contributed by atoms with van der Waals surface area (Å²) in [6, 6.07) is 7.33. The largest absolute Gasteiger partial charge is 0.481 e. The molecule has 0 aliphatic carbocycles. The van der Waals surface area contributed by atoms with Gasteiger partial charge in [-0.1, -0.05) is 23.7 Å². The molecule has 4 heteroatoms. The van der Waals surface area contributed by atoms with Gasteiger partial charge in [0, 0.05) is 5.02 Å². The first-order valence-corrected chi connectivity index (χ1v) is 5.10. The van der Waals surface area contributed by atoms with Gasteiger partial charge in [-0.2, -0.15) is 0 Å². The maximum absolute atomic E-state index is 10.3. The lowest BCUT2D eigenvalue weighted by Crippen LogP contribution is -2.13.